The van der Waals surface area contributed by atoms with Crippen LogP contribution in [0.25, 0.3) is 0 Å². The summed E-state index contributed by atoms with van der Waals surface area (Å²) in [6.45, 7) is 6.33. The molecule has 1 N–H and O–H groups in total. The highest BCUT2D eigenvalue weighted by Crippen LogP contribution is 2.39. The second-order valence-electron chi connectivity index (χ2n) is 6.48. The molecular formula is C17H26N2O4S2. The van der Waals surface area contributed by atoms with Gasteiger partial charge in [0, 0.05) is 48.6 Å². The monoisotopic (exact) mass is 386 g/mol. The number of ketones is 1. The van der Waals surface area contributed by atoms with Gasteiger partial charge < -0.3 is 10.1 Å². The van der Waals surface area contributed by atoms with E-state index in [0.717, 1.165) is 23.5 Å². The van der Waals surface area contributed by atoms with Gasteiger partial charge in [0.05, 0.1) is 0 Å². The van der Waals surface area contributed by atoms with Crippen molar-refractivity contribution in [1.29, 1.82) is 0 Å². The van der Waals surface area contributed by atoms with Crippen LogP contribution < -0.4 is 5.32 Å². The summed E-state index contributed by atoms with van der Waals surface area (Å²) in [6, 6.07) is 0. The molecule has 1 aliphatic heterocycles. The molecule has 0 bridgehead atoms. The number of rotatable bonds is 12. The first-order valence-corrected chi connectivity index (χ1v) is 10.6. The summed E-state index contributed by atoms with van der Waals surface area (Å²) in [7, 11) is 3.47. The third-order valence-corrected chi connectivity index (χ3v) is 6.99. The van der Waals surface area contributed by atoms with E-state index >= 15 is 0 Å². The molecular weight excluding hydrogens is 360 g/mol. The van der Waals surface area contributed by atoms with Crippen molar-refractivity contribution in [2.75, 3.05) is 18.8 Å². The van der Waals surface area contributed by atoms with Gasteiger partial charge in [0.15, 0.2) is 0 Å². The molecule has 1 rings (SSSR count). The molecule has 0 saturated heterocycles. The summed E-state index contributed by atoms with van der Waals surface area (Å²) >= 11 is 0. The lowest BCUT2D eigenvalue weighted by Gasteiger charge is -2.22. The van der Waals surface area contributed by atoms with Crippen molar-refractivity contribution in [2.24, 2.45) is 0 Å². The van der Waals surface area contributed by atoms with Crippen LogP contribution in [0, 0.1) is 0 Å². The Morgan fingerprint density at radius 2 is 1.80 bits per heavy atom. The van der Waals surface area contributed by atoms with Gasteiger partial charge in [0.2, 0.25) is 5.91 Å². The average molecular weight is 387 g/mol. The van der Waals surface area contributed by atoms with Crippen molar-refractivity contribution in [3.8, 4) is 0 Å². The van der Waals surface area contributed by atoms with Crippen molar-refractivity contribution in [2.45, 2.75) is 51.2 Å². The maximum absolute atomic E-state index is 11.7. The molecule has 0 saturated carbocycles. The highest BCUT2D eigenvalue weighted by molar-refractivity contribution is 8.77. The molecule has 0 atom stereocenters. The fourth-order valence-electron chi connectivity index (χ4n) is 2.06. The smallest absolute Gasteiger partial charge is 0.253 e. The minimum absolute atomic E-state index is 0.0431. The molecule has 0 fully saturated rings. The van der Waals surface area contributed by atoms with Gasteiger partial charge in [0.1, 0.15) is 5.78 Å². The van der Waals surface area contributed by atoms with Crippen LogP contribution in [0.3, 0.4) is 0 Å². The Hall–Kier alpha value is -1.28. The molecule has 0 aromatic heterocycles. The molecule has 0 radical (unpaired) electrons. The third kappa shape index (κ3) is 9.11. The van der Waals surface area contributed by atoms with Gasteiger partial charge in [-0.3, -0.25) is 19.3 Å². The quantitative estimate of drug-likeness (QED) is 0.315. The molecule has 1 heterocycles. The molecule has 25 heavy (non-hydrogen) atoms. The van der Waals surface area contributed by atoms with Gasteiger partial charge in [-0.15, -0.1) is 0 Å². The van der Waals surface area contributed by atoms with E-state index in [1.807, 2.05) is 0 Å². The van der Waals surface area contributed by atoms with Crippen LogP contribution in [0.1, 0.15) is 46.5 Å². The minimum Gasteiger partial charge on any atom is -0.354 e. The number of nitrogens with zero attached hydrogens (tertiary/aromatic N) is 1. The molecule has 0 spiro atoms. The number of carbonyl (C=O) groups excluding carboxylic acids is 4. The van der Waals surface area contributed by atoms with Gasteiger partial charge in [-0.25, -0.2) is 0 Å². The number of amides is 3. The lowest BCUT2D eigenvalue weighted by Crippen LogP contribution is -2.38. The molecule has 6 nitrogen and oxygen atoms in total. The van der Waals surface area contributed by atoms with E-state index in [1.165, 1.54) is 12.2 Å². The fourth-order valence-corrected chi connectivity index (χ4v) is 4.72. The Labute approximate surface area is 156 Å². The predicted octanol–water partition coefficient (Wildman–Crippen LogP) is 2.34. The van der Waals surface area contributed by atoms with Crippen molar-refractivity contribution >= 4 is 45.1 Å². The van der Waals surface area contributed by atoms with Crippen LogP contribution in [-0.4, -0.2) is 52.0 Å². The molecule has 8 heteroatoms. The predicted molar refractivity (Wildman–Crippen MR) is 102 cm³/mol. The highest BCUT2D eigenvalue weighted by Gasteiger charge is 2.22. The van der Waals surface area contributed by atoms with Gasteiger partial charge >= 0.3 is 0 Å². The summed E-state index contributed by atoms with van der Waals surface area (Å²) in [5, 5.41) is 2.72. The summed E-state index contributed by atoms with van der Waals surface area (Å²) in [5.41, 5.74) is 0. The van der Waals surface area contributed by atoms with Crippen LogP contribution in [0.5, 0.6) is 0 Å². The largest absolute Gasteiger partial charge is 0.354 e. The van der Waals surface area contributed by atoms with E-state index in [0.29, 0.717) is 12.8 Å². The minimum atomic E-state index is -0.333. The molecule has 0 aliphatic carbocycles. The van der Waals surface area contributed by atoms with Gasteiger partial charge in [-0.1, -0.05) is 21.6 Å². The van der Waals surface area contributed by atoms with Crippen molar-refractivity contribution < 1.29 is 19.2 Å². The summed E-state index contributed by atoms with van der Waals surface area (Å²) in [5.74, 6) is 0.325. The van der Waals surface area contributed by atoms with Crippen LogP contribution in [0.4, 0.5) is 0 Å². The van der Waals surface area contributed by atoms with Crippen LogP contribution >= 0.6 is 21.6 Å². The van der Waals surface area contributed by atoms with E-state index in [-0.39, 0.29) is 41.3 Å². The van der Waals surface area contributed by atoms with Crippen LogP contribution in [0.2, 0.25) is 0 Å². The Morgan fingerprint density at radius 1 is 1.16 bits per heavy atom. The zero-order chi connectivity index (χ0) is 18.9. The number of hydrogen-bond acceptors (Lipinski definition) is 6. The lowest BCUT2D eigenvalue weighted by atomic mass is 10.1. The van der Waals surface area contributed by atoms with Gasteiger partial charge in [0.25, 0.3) is 11.8 Å². The number of imide groups is 1. The van der Waals surface area contributed by atoms with Crippen molar-refractivity contribution in [1.82, 2.24) is 10.2 Å². The second-order valence-corrected chi connectivity index (χ2v) is 9.60. The standard InChI is InChI=1S/C17H26N2O4S2/c1-13(20)8-9-17(2,3)25-24-12-4-5-14(21)18-10-11-19-15(22)6-7-16(19)23/h6-7H,4-5,8-12H2,1-3H3,(H,18,21). The van der Waals surface area contributed by atoms with E-state index in [1.54, 1.807) is 28.5 Å². The fraction of sp³-hybridized carbons (Fsp3) is 0.647. The number of hydrogen-bond donors (Lipinski definition) is 1. The summed E-state index contributed by atoms with van der Waals surface area (Å²) in [6.07, 6.45) is 5.09. The molecule has 0 aromatic rings. The van der Waals surface area contributed by atoms with E-state index in [4.69, 9.17) is 0 Å². The second kappa shape index (κ2) is 10.7. The molecule has 3 amide bonds. The van der Waals surface area contributed by atoms with Gasteiger partial charge in [-0.05, 0) is 33.6 Å². The topological polar surface area (TPSA) is 83.6 Å². The summed E-state index contributed by atoms with van der Waals surface area (Å²) in [4.78, 5) is 46.6. The molecule has 1 aliphatic rings. The number of nitrogens with one attached hydrogen (secondary N) is 1. The normalized spacial score (nSPS) is 14.3. The molecule has 0 aromatic carbocycles. The lowest BCUT2D eigenvalue weighted by molar-refractivity contribution is -0.137. The SMILES string of the molecule is CC(=O)CCC(C)(C)SSCCCC(=O)NCCN1C(=O)C=CC1=O. The molecule has 0 unspecified atom stereocenters. The van der Waals surface area contributed by atoms with Crippen molar-refractivity contribution in [3.63, 3.8) is 0 Å². The first-order chi connectivity index (χ1) is 11.7. The maximum atomic E-state index is 11.7. The number of carbonyl (C=O) groups is 4. The van der Waals surface area contributed by atoms with E-state index in [9.17, 15) is 19.2 Å². The first-order valence-electron chi connectivity index (χ1n) is 8.31. The zero-order valence-electron chi connectivity index (χ0n) is 15.0. The third-order valence-electron chi connectivity index (χ3n) is 3.55. The maximum Gasteiger partial charge on any atom is 0.253 e. The highest BCUT2D eigenvalue weighted by atomic mass is 33.1. The number of Topliss-reactive ketones (excluding diaryl/α,β-unsaturated/α-hetero) is 1. The Kier molecular flexibility index (Phi) is 9.27. The zero-order valence-corrected chi connectivity index (χ0v) is 16.6. The summed E-state index contributed by atoms with van der Waals surface area (Å²) < 4.78 is 0.0431. The van der Waals surface area contributed by atoms with Crippen LogP contribution in [-0.2, 0) is 19.2 Å². The van der Waals surface area contributed by atoms with E-state index < -0.39 is 0 Å². The Balaban J connectivity index is 2.06. The Morgan fingerprint density at radius 3 is 2.40 bits per heavy atom. The average Bonchev–Trinajstić information content (AvgIpc) is 2.84. The van der Waals surface area contributed by atoms with Crippen molar-refractivity contribution in [3.05, 3.63) is 12.2 Å². The Bertz CT molecular complexity index is 529. The van der Waals surface area contributed by atoms with Gasteiger partial charge in [-0.2, -0.15) is 0 Å². The molecule has 140 valence electrons. The van der Waals surface area contributed by atoms with E-state index in [2.05, 4.69) is 19.2 Å². The first kappa shape index (κ1) is 21.8. The van der Waals surface area contributed by atoms with Crippen LogP contribution in [0.15, 0.2) is 12.2 Å².